The normalized spacial score (nSPS) is 11.1. The lowest BCUT2D eigenvalue weighted by atomic mass is 9.88. The van der Waals surface area contributed by atoms with Crippen LogP contribution in [0.1, 0.15) is 22.3 Å². The van der Waals surface area contributed by atoms with Crippen molar-refractivity contribution in [3.8, 4) is 33.4 Å². The maximum atomic E-state index is 8.74. The maximum Gasteiger partial charge on any atom is 0.0613 e. The van der Waals surface area contributed by atoms with Crippen molar-refractivity contribution in [3.63, 3.8) is 0 Å². The van der Waals surface area contributed by atoms with E-state index in [2.05, 4.69) is 36.4 Å². The van der Waals surface area contributed by atoms with E-state index in [0.29, 0.717) is 22.8 Å². The Morgan fingerprint density at radius 3 is 0.958 bits per heavy atom. The van der Waals surface area contributed by atoms with Crippen LogP contribution >= 0.6 is 0 Å². The highest BCUT2D eigenvalue weighted by molar-refractivity contribution is 6.15. The van der Waals surface area contributed by atoms with Gasteiger partial charge in [-0.2, -0.15) is 0 Å². The smallest absolute Gasteiger partial charge is 0.0613 e. The summed E-state index contributed by atoms with van der Waals surface area (Å²) in [4.78, 5) is 0. The van der Waals surface area contributed by atoms with Crippen LogP contribution in [-0.2, 0) is 0 Å². The first kappa shape index (κ1) is 31.5. The quantitative estimate of drug-likeness (QED) is 0.104. The lowest BCUT2D eigenvalue weighted by Crippen LogP contribution is -1.99. The lowest BCUT2D eigenvalue weighted by Gasteiger charge is -2.16. The van der Waals surface area contributed by atoms with E-state index in [4.69, 9.17) is 21.6 Å². The molecule has 48 heavy (non-hydrogen) atoms. The summed E-state index contributed by atoms with van der Waals surface area (Å²) in [7, 11) is 0. The van der Waals surface area contributed by atoms with E-state index in [9.17, 15) is 0 Å². The van der Waals surface area contributed by atoms with Gasteiger partial charge in [0.2, 0.25) is 0 Å². The number of benzene rings is 6. The SMILES string of the molecule is N=C(/C=C\C(=N)c1cccc(-c2ccccc2-c2ccccc2-c2cccc(C(=N)/C=C\C(=N)c3ccccc3)c2)c1)c1ccccc1. The monoisotopic (exact) mass is 618 g/mol. The molecule has 0 heterocycles. The summed E-state index contributed by atoms with van der Waals surface area (Å²) in [6, 6.07) is 51.6. The maximum absolute atomic E-state index is 8.74. The third kappa shape index (κ3) is 7.30. The molecule has 0 atom stereocenters. The van der Waals surface area contributed by atoms with Gasteiger partial charge in [0.1, 0.15) is 0 Å². The van der Waals surface area contributed by atoms with Crippen LogP contribution in [0.25, 0.3) is 33.4 Å². The molecule has 0 amide bonds. The molecular formula is C44H34N4. The van der Waals surface area contributed by atoms with Crippen molar-refractivity contribution in [2.45, 2.75) is 0 Å². The van der Waals surface area contributed by atoms with Gasteiger partial charge in [0.15, 0.2) is 0 Å². The molecule has 0 unspecified atom stereocenters. The number of hydrogen-bond acceptors (Lipinski definition) is 4. The molecule has 0 saturated heterocycles. The summed E-state index contributed by atoms with van der Waals surface area (Å²) >= 11 is 0. The van der Waals surface area contributed by atoms with Crippen molar-refractivity contribution in [2.75, 3.05) is 0 Å². The molecule has 0 spiro atoms. The van der Waals surface area contributed by atoms with Crippen molar-refractivity contribution < 1.29 is 0 Å². The van der Waals surface area contributed by atoms with Crippen LogP contribution in [0.5, 0.6) is 0 Å². The minimum absolute atomic E-state index is 0.336. The fourth-order valence-electron chi connectivity index (χ4n) is 5.60. The van der Waals surface area contributed by atoms with Crippen molar-refractivity contribution >= 4 is 22.8 Å². The zero-order valence-corrected chi connectivity index (χ0v) is 26.3. The molecular weight excluding hydrogens is 585 g/mol. The molecule has 6 aromatic rings. The molecule has 0 radical (unpaired) electrons. The van der Waals surface area contributed by atoms with E-state index in [1.54, 1.807) is 24.3 Å². The van der Waals surface area contributed by atoms with Crippen molar-refractivity contribution in [3.05, 3.63) is 204 Å². The van der Waals surface area contributed by atoms with Gasteiger partial charge in [-0.3, -0.25) is 0 Å². The van der Waals surface area contributed by atoms with Gasteiger partial charge in [-0.15, -0.1) is 0 Å². The van der Waals surface area contributed by atoms with Gasteiger partial charge in [-0.1, -0.05) is 146 Å². The highest BCUT2D eigenvalue weighted by atomic mass is 14.4. The second-order valence-corrected chi connectivity index (χ2v) is 11.3. The van der Waals surface area contributed by atoms with Gasteiger partial charge < -0.3 is 21.6 Å². The summed E-state index contributed by atoms with van der Waals surface area (Å²) in [5.74, 6) is 0. The Morgan fingerprint density at radius 2 is 0.583 bits per heavy atom. The summed E-state index contributed by atoms with van der Waals surface area (Å²) < 4.78 is 0. The minimum Gasteiger partial charge on any atom is -0.300 e. The molecule has 0 fully saturated rings. The van der Waals surface area contributed by atoms with Gasteiger partial charge in [-0.05, 0) is 92.1 Å². The molecule has 4 heteroatoms. The van der Waals surface area contributed by atoms with E-state index < -0.39 is 0 Å². The van der Waals surface area contributed by atoms with Crippen LogP contribution < -0.4 is 0 Å². The lowest BCUT2D eigenvalue weighted by molar-refractivity contribution is 1.47. The van der Waals surface area contributed by atoms with Crippen LogP contribution in [0.15, 0.2) is 182 Å². The minimum atomic E-state index is 0.336. The Bertz CT molecular complexity index is 2030. The van der Waals surface area contributed by atoms with Crippen molar-refractivity contribution in [1.29, 1.82) is 21.6 Å². The predicted octanol–water partition coefficient (Wildman–Crippen LogP) is 10.7. The predicted molar refractivity (Wildman–Crippen MR) is 201 cm³/mol. The van der Waals surface area contributed by atoms with E-state index >= 15 is 0 Å². The zero-order valence-electron chi connectivity index (χ0n) is 26.3. The molecule has 4 nitrogen and oxygen atoms in total. The topological polar surface area (TPSA) is 95.4 Å². The Labute approximate surface area is 281 Å². The Hall–Kier alpha value is -6.52. The summed E-state index contributed by atoms with van der Waals surface area (Å²) in [5, 5.41) is 34.2. The van der Waals surface area contributed by atoms with Crippen LogP contribution in [-0.4, -0.2) is 22.8 Å². The molecule has 0 bridgehead atoms. The Balaban J connectivity index is 1.29. The zero-order chi connectivity index (χ0) is 33.3. The van der Waals surface area contributed by atoms with Crippen molar-refractivity contribution in [2.24, 2.45) is 0 Å². The van der Waals surface area contributed by atoms with Gasteiger partial charge in [-0.25, -0.2) is 0 Å². The third-order valence-corrected chi connectivity index (χ3v) is 8.12. The van der Waals surface area contributed by atoms with E-state index in [-0.39, 0.29) is 0 Å². The largest absolute Gasteiger partial charge is 0.300 e. The van der Waals surface area contributed by atoms with Gasteiger partial charge in [0.05, 0.1) is 22.8 Å². The first-order chi connectivity index (χ1) is 23.5. The Kier molecular flexibility index (Phi) is 9.65. The Morgan fingerprint density at radius 1 is 0.292 bits per heavy atom. The second-order valence-electron chi connectivity index (χ2n) is 11.3. The van der Waals surface area contributed by atoms with E-state index in [1.807, 2.05) is 121 Å². The fourth-order valence-corrected chi connectivity index (χ4v) is 5.60. The first-order valence-electron chi connectivity index (χ1n) is 15.7. The average Bonchev–Trinajstić information content (AvgIpc) is 3.16. The molecule has 6 aromatic carbocycles. The van der Waals surface area contributed by atoms with Crippen LogP contribution in [0.3, 0.4) is 0 Å². The van der Waals surface area contributed by atoms with Gasteiger partial charge >= 0.3 is 0 Å². The van der Waals surface area contributed by atoms with Crippen LogP contribution in [0, 0.1) is 21.6 Å². The average molecular weight is 619 g/mol. The molecule has 0 saturated carbocycles. The number of nitrogens with one attached hydrogen (secondary N) is 4. The summed E-state index contributed by atoms with van der Waals surface area (Å²) in [6.07, 6.45) is 6.71. The first-order valence-corrected chi connectivity index (χ1v) is 15.7. The number of hydrogen-bond donors (Lipinski definition) is 4. The fraction of sp³-hybridized carbons (Fsp3) is 0. The highest BCUT2D eigenvalue weighted by Gasteiger charge is 2.14. The van der Waals surface area contributed by atoms with Crippen molar-refractivity contribution in [1.82, 2.24) is 0 Å². The molecule has 230 valence electrons. The molecule has 0 aliphatic carbocycles. The number of allylic oxidation sites excluding steroid dienone is 4. The van der Waals surface area contributed by atoms with E-state index in [0.717, 1.165) is 55.6 Å². The third-order valence-electron chi connectivity index (χ3n) is 8.12. The molecule has 0 aliphatic heterocycles. The summed E-state index contributed by atoms with van der Waals surface area (Å²) in [6.45, 7) is 0. The standard InChI is InChI=1S/C44H34N4/c45-41(31-13-3-1-4-14-31)25-27-43(47)35-19-11-17-33(29-35)37-21-7-9-23-39(37)40-24-10-8-22-38(40)34-18-12-20-36(30-34)44(48)28-26-42(46)32-15-5-2-6-16-32/h1-30,45-48H/b27-25-,28-26-,45-41?,46-42?,47-43?,48-44?. The molecule has 0 aliphatic rings. The van der Waals surface area contributed by atoms with E-state index in [1.165, 1.54) is 0 Å². The number of rotatable bonds is 11. The summed E-state index contributed by atoms with van der Waals surface area (Å²) in [5.41, 5.74) is 10.8. The van der Waals surface area contributed by atoms with Gasteiger partial charge in [0, 0.05) is 0 Å². The van der Waals surface area contributed by atoms with Gasteiger partial charge in [0.25, 0.3) is 0 Å². The molecule has 4 N–H and O–H groups in total. The highest BCUT2D eigenvalue weighted by Crippen LogP contribution is 2.38. The van der Waals surface area contributed by atoms with Crippen LogP contribution in [0.2, 0.25) is 0 Å². The molecule has 0 aromatic heterocycles. The van der Waals surface area contributed by atoms with Crippen LogP contribution in [0.4, 0.5) is 0 Å². The molecule has 6 rings (SSSR count). The second kappa shape index (κ2) is 14.7.